The number of carbonyl (C=O) groups excluding carboxylic acids is 3. The largest absolute Gasteiger partial charge is 0.493 e. The Bertz CT molecular complexity index is 1140. The van der Waals surface area contributed by atoms with Gasteiger partial charge in [0.25, 0.3) is 0 Å². The fourth-order valence-electron chi connectivity index (χ4n) is 5.33. The molecule has 0 unspecified atom stereocenters. The molecular weight excluding hydrogens is 458 g/mol. The van der Waals surface area contributed by atoms with Gasteiger partial charge in [-0.2, -0.15) is 0 Å². The highest BCUT2D eigenvalue weighted by Crippen LogP contribution is 2.34. The van der Waals surface area contributed by atoms with Crippen LogP contribution < -0.4 is 19.7 Å². The highest BCUT2D eigenvalue weighted by Gasteiger charge is 2.39. The molecule has 8 nitrogen and oxygen atoms in total. The van der Waals surface area contributed by atoms with E-state index in [1.165, 1.54) is 0 Å². The maximum absolute atomic E-state index is 13.1. The summed E-state index contributed by atoms with van der Waals surface area (Å²) < 4.78 is 10.8. The van der Waals surface area contributed by atoms with Crippen molar-refractivity contribution >= 4 is 23.4 Å². The Morgan fingerprint density at radius 1 is 1.00 bits per heavy atom. The Morgan fingerprint density at radius 2 is 1.72 bits per heavy atom. The van der Waals surface area contributed by atoms with Crippen molar-refractivity contribution in [3.8, 4) is 11.5 Å². The van der Waals surface area contributed by atoms with Gasteiger partial charge in [-0.1, -0.05) is 12.1 Å². The third-order valence-corrected chi connectivity index (χ3v) is 7.13. The van der Waals surface area contributed by atoms with E-state index >= 15 is 0 Å². The van der Waals surface area contributed by atoms with Gasteiger partial charge in [0.15, 0.2) is 11.5 Å². The number of amides is 3. The maximum atomic E-state index is 13.1. The average Bonchev–Trinajstić information content (AvgIpc) is 3.21. The van der Waals surface area contributed by atoms with Crippen LogP contribution in [0.2, 0.25) is 0 Å². The molecule has 2 saturated heterocycles. The molecule has 36 heavy (non-hydrogen) atoms. The first-order chi connectivity index (χ1) is 17.2. The predicted molar refractivity (Wildman–Crippen MR) is 137 cm³/mol. The van der Waals surface area contributed by atoms with Gasteiger partial charge in [0.2, 0.25) is 17.7 Å². The molecule has 2 aliphatic rings. The zero-order valence-corrected chi connectivity index (χ0v) is 21.6. The molecule has 192 valence electrons. The second-order valence-electron chi connectivity index (χ2n) is 9.90. The number of nitrogens with one attached hydrogen (secondary N) is 1. The monoisotopic (exact) mass is 493 g/mol. The van der Waals surface area contributed by atoms with Crippen molar-refractivity contribution in [3.05, 3.63) is 53.1 Å². The number of ether oxygens (including phenoxy) is 2. The fourth-order valence-corrected chi connectivity index (χ4v) is 5.33. The van der Waals surface area contributed by atoms with Crippen LogP contribution in [0, 0.1) is 13.8 Å². The summed E-state index contributed by atoms with van der Waals surface area (Å²) in [6, 6.07) is 11.8. The zero-order chi connectivity index (χ0) is 25.9. The second-order valence-corrected chi connectivity index (χ2v) is 9.90. The Labute approximate surface area is 212 Å². The average molecular weight is 494 g/mol. The molecule has 3 amide bonds. The van der Waals surface area contributed by atoms with E-state index < -0.39 is 5.54 Å². The summed E-state index contributed by atoms with van der Waals surface area (Å²) in [7, 11) is 3.18. The molecule has 2 fully saturated rings. The topological polar surface area (TPSA) is 88.2 Å². The van der Waals surface area contributed by atoms with Crippen LogP contribution >= 0.6 is 0 Å². The smallest absolute Gasteiger partial charge is 0.246 e. The number of anilines is 1. The molecule has 2 heterocycles. The highest BCUT2D eigenvalue weighted by atomic mass is 16.5. The molecule has 8 heteroatoms. The van der Waals surface area contributed by atoms with Gasteiger partial charge in [-0.3, -0.25) is 14.4 Å². The number of methoxy groups -OCH3 is 2. The minimum Gasteiger partial charge on any atom is -0.493 e. The van der Waals surface area contributed by atoms with Gasteiger partial charge in [-0.15, -0.1) is 0 Å². The van der Waals surface area contributed by atoms with Gasteiger partial charge in [0.1, 0.15) is 6.54 Å². The summed E-state index contributed by atoms with van der Waals surface area (Å²) in [5, 5.41) is 3.13. The quantitative estimate of drug-likeness (QED) is 0.610. The molecule has 0 spiro atoms. The maximum Gasteiger partial charge on any atom is 0.246 e. The van der Waals surface area contributed by atoms with Gasteiger partial charge in [0, 0.05) is 37.2 Å². The van der Waals surface area contributed by atoms with Crippen molar-refractivity contribution < 1.29 is 23.9 Å². The van der Waals surface area contributed by atoms with Crippen molar-refractivity contribution in [2.75, 3.05) is 38.8 Å². The molecule has 0 aromatic heterocycles. The summed E-state index contributed by atoms with van der Waals surface area (Å²) in [5.41, 5.74) is 3.59. The molecular formula is C28H35N3O5. The number of piperazine rings is 1. The number of nitrogens with zero attached hydrogens (tertiary/aromatic N) is 2. The van der Waals surface area contributed by atoms with Crippen molar-refractivity contribution in [3.63, 3.8) is 0 Å². The summed E-state index contributed by atoms with van der Waals surface area (Å²) >= 11 is 0. The standard InChI is InChI=1S/C28H35N3O5/c1-19-13-20(2)15-22(14-19)31-12-11-30(18-27(31)34)26(33)8-10-28(9-7-25(32)29-28)17-21-5-6-23(35-3)24(16-21)36-4/h5-6,13-16H,7-12,17-18H2,1-4H3,(H,29,32)/t28-/m0/s1. The molecule has 2 aromatic carbocycles. The Balaban J connectivity index is 1.40. The summed E-state index contributed by atoms with van der Waals surface area (Å²) in [6.07, 6.45) is 2.47. The van der Waals surface area contributed by atoms with Gasteiger partial charge in [-0.25, -0.2) is 0 Å². The third-order valence-electron chi connectivity index (χ3n) is 7.13. The summed E-state index contributed by atoms with van der Waals surface area (Å²) in [5.74, 6) is 1.14. The van der Waals surface area contributed by atoms with Crippen LogP contribution in [-0.2, 0) is 20.8 Å². The molecule has 2 aliphatic heterocycles. The summed E-state index contributed by atoms with van der Waals surface area (Å²) in [6.45, 7) is 5.06. The van der Waals surface area contributed by atoms with E-state index in [0.29, 0.717) is 50.3 Å². The van der Waals surface area contributed by atoms with Crippen LogP contribution in [0.5, 0.6) is 11.5 Å². The first-order valence-electron chi connectivity index (χ1n) is 12.4. The SMILES string of the molecule is COc1ccc(C[C@@]2(CCC(=O)N3CCN(c4cc(C)cc(C)c4)C(=O)C3)CCC(=O)N2)cc1OC. The van der Waals surface area contributed by atoms with Crippen LogP contribution in [-0.4, -0.2) is 62.0 Å². The van der Waals surface area contributed by atoms with Crippen LogP contribution in [0.1, 0.15) is 42.4 Å². The Kier molecular flexibility index (Phi) is 7.52. The van der Waals surface area contributed by atoms with E-state index in [4.69, 9.17) is 9.47 Å². The number of benzene rings is 2. The van der Waals surface area contributed by atoms with E-state index in [1.54, 1.807) is 24.0 Å². The van der Waals surface area contributed by atoms with Gasteiger partial charge < -0.3 is 24.6 Å². The molecule has 0 bridgehead atoms. The Morgan fingerprint density at radius 3 is 2.33 bits per heavy atom. The van der Waals surface area contributed by atoms with Crippen LogP contribution in [0.15, 0.2) is 36.4 Å². The first kappa shape index (κ1) is 25.5. The number of hydrogen-bond donors (Lipinski definition) is 1. The molecule has 4 rings (SSSR count). The predicted octanol–water partition coefficient (Wildman–Crippen LogP) is 3.17. The van der Waals surface area contributed by atoms with E-state index in [0.717, 1.165) is 22.4 Å². The van der Waals surface area contributed by atoms with E-state index in [2.05, 4.69) is 11.4 Å². The van der Waals surface area contributed by atoms with Gasteiger partial charge in [-0.05, 0) is 74.1 Å². The Hall–Kier alpha value is -3.55. The van der Waals surface area contributed by atoms with Crippen molar-refractivity contribution in [1.29, 1.82) is 0 Å². The van der Waals surface area contributed by atoms with E-state index in [9.17, 15) is 14.4 Å². The molecule has 1 atom stereocenters. The number of aryl methyl sites for hydroxylation is 2. The number of carbonyl (C=O) groups is 3. The van der Waals surface area contributed by atoms with Crippen LogP contribution in [0.25, 0.3) is 0 Å². The van der Waals surface area contributed by atoms with Crippen molar-refractivity contribution in [1.82, 2.24) is 10.2 Å². The lowest BCUT2D eigenvalue weighted by Gasteiger charge is -2.36. The third kappa shape index (κ3) is 5.64. The summed E-state index contributed by atoms with van der Waals surface area (Å²) in [4.78, 5) is 41.6. The van der Waals surface area contributed by atoms with Crippen LogP contribution in [0.3, 0.4) is 0 Å². The fraction of sp³-hybridized carbons (Fsp3) is 0.464. The van der Waals surface area contributed by atoms with Crippen molar-refractivity contribution in [2.45, 2.75) is 51.5 Å². The normalized spacial score (nSPS) is 19.9. The molecule has 2 aromatic rings. The second kappa shape index (κ2) is 10.6. The van der Waals surface area contributed by atoms with E-state index in [-0.39, 0.29) is 30.7 Å². The highest BCUT2D eigenvalue weighted by molar-refractivity contribution is 5.98. The first-order valence-corrected chi connectivity index (χ1v) is 12.4. The minimum atomic E-state index is -0.503. The van der Waals surface area contributed by atoms with E-state index in [1.807, 2.05) is 44.2 Å². The molecule has 1 N–H and O–H groups in total. The molecule has 0 saturated carbocycles. The zero-order valence-electron chi connectivity index (χ0n) is 21.6. The minimum absolute atomic E-state index is 0.000153. The van der Waals surface area contributed by atoms with Gasteiger partial charge >= 0.3 is 0 Å². The number of hydrogen-bond acceptors (Lipinski definition) is 5. The number of rotatable bonds is 8. The lowest BCUT2D eigenvalue weighted by Crippen LogP contribution is -2.53. The van der Waals surface area contributed by atoms with Crippen molar-refractivity contribution in [2.24, 2.45) is 0 Å². The lowest BCUT2D eigenvalue weighted by atomic mass is 9.84. The van der Waals surface area contributed by atoms with Crippen LogP contribution in [0.4, 0.5) is 5.69 Å². The van der Waals surface area contributed by atoms with Gasteiger partial charge in [0.05, 0.1) is 14.2 Å². The molecule has 0 radical (unpaired) electrons. The lowest BCUT2D eigenvalue weighted by molar-refractivity contribution is -0.137. The molecule has 0 aliphatic carbocycles.